The molecule has 0 aliphatic heterocycles. The molecule has 7 nitrogen and oxygen atoms in total. The van der Waals surface area contributed by atoms with Crippen molar-refractivity contribution in [3.8, 4) is 16.3 Å². The summed E-state index contributed by atoms with van der Waals surface area (Å²) in [5.74, 6) is 0.409. The lowest BCUT2D eigenvalue weighted by Gasteiger charge is -2.06. The number of nitrogens with one attached hydrogen (secondary N) is 1. The average Bonchev–Trinajstić information content (AvgIpc) is 3.22. The van der Waals surface area contributed by atoms with Crippen molar-refractivity contribution in [2.24, 2.45) is 0 Å². The SMILES string of the molecule is O=C(Nc1nnc(-c2ccncc2)s1)c1ccc(OCc2ccccn2)cc1. The highest BCUT2D eigenvalue weighted by molar-refractivity contribution is 7.18. The van der Waals surface area contributed by atoms with Crippen molar-refractivity contribution in [2.75, 3.05) is 5.32 Å². The van der Waals surface area contributed by atoms with Crippen LogP contribution in [0.5, 0.6) is 5.75 Å². The highest BCUT2D eigenvalue weighted by Crippen LogP contribution is 2.26. The molecule has 28 heavy (non-hydrogen) atoms. The molecular weight excluding hydrogens is 374 g/mol. The van der Waals surface area contributed by atoms with Gasteiger partial charge in [0.1, 0.15) is 17.4 Å². The maximum atomic E-state index is 12.4. The minimum absolute atomic E-state index is 0.256. The van der Waals surface area contributed by atoms with Gasteiger partial charge in [-0.05, 0) is 48.5 Å². The molecule has 4 aromatic rings. The summed E-state index contributed by atoms with van der Waals surface area (Å²) in [6.45, 7) is 0.370. The average molecular weight is 389 g/mol. The van der Waals surface area contributed by atoms with Crippen LogP contribution in [0.4, 0.5) is 5.13 Å². The number of carbonyl (C=O) groups is 1. The summed E-state index contributed by atoms with van der Waals surface area (Å²) in [5, 5.41) is 12.0. The van der Waals surface area contributed by atoms with Gasteiger partial charge in [0.25, 0.3) is 5.91 Å². The van der Waals surface area contributed by atoms with E-state index in [2.05, 4.69) is 25.5 Å². The van der Waals surface area contributed by atoms with Gasteiger partial charge >= 0.3 is 0 Å². The van der Waals surface area contributed by atoms with Crippen molar-refractivity contribution in [2.45, 2.75) is 6.61 Å². The highest BCUT2D eigenvalue weighted by Gasteiger charge is 2.11. The lowest BCUT2D eigenvalue weighted by atomic mass is 10.2. The first-order valence-corrected chi connectivity index (χ1v) is 9.27. The van der Waals surface area contributed by atoms with Crippen LogP contribution in [0.25, 0.3) is 10.6 Å². The molecule has 0 unspecified atom stereocenters. The van der Waals surface area contributed by atoms with E-state index >= 15 is 0 Å². The molecule has 0 aliphatic carbocycles. The molecule has 0 aliphatic rings. The van der Waals surface area contributed by atoms with Gasteiger partial charge in [-0.3, -0.25) is 20.1 Å². The Morgan fingerprint density at radius 3 is 2.54 bits per heavy atom. The van der Waals surface area contributed by atoms with E-state index in [4.69, 9.17) is 4.74 Å². The van der Waals surface area contributed by atoms with Crippen LogP contribution in [0.2, 0.25) is 0 Å². The third kappa shape index (κ3) is 4.36. The monoisotopic (exact) mass is 389 g/mol. The molecule has 3 heterocycles. The van der Waals surface area contributed by atoms with Gasteiger partial charge in [0.15, 0.2) is 0 Å². The van der Waals surface area contributed by atoms with Gasteiger partial charge in [0.2, 0.25) is 5.13 Å². The Balaban J connectivity index is 1.37. The first-order valence-electron chi connectivity index (χ1n) is 8.46. The molecule has 0 atom stereocenters. The van der Waals surface area contributed by atoms with Crippen LogP contribution in [-0.2, 0) is 6.61 Å². The van der Waals surface area contributed by atoms with Crippen LogP contribution in [0.3, 0.4) is 0 Å². The summed E-state index contributed by atoms with van der Waals surface area (Å²) >= 11 is 1.30. The number of amides is 1. The molecule has 1 aromatic carbocycles. The molecule has 0 saturated heterocycles. The van der Waals surface area contributed by atoms with Crippen LogP contribution in [-0.4, -0.2) is 26.1 Å². The Bertz CT molecular complexity index is 1050. The smallest absolute Gasteiger partial charge is 0.257 e. The third-order valence-corrected chi connectivity index (χ3v) is 4.69. The molecule has 4 rings (SSSR count). The topological polar surface area (TPSA) is 89.9 Å². The molecule has 0 radical (unpaired) electrons. The van der Waals surface area contributed by atoms with E-state index in [-0.39, 0.29) is 5.91 Å². The zero-order valence-electron chi connectivity index (χ0n) is 14.6. The van der Waals surface area contributed by atoms with E-state index in [9.17, 15) is 4.79 Å². The van der Waals surface area contributed by atoms with E-state index in [0.717, 1.165) is 16.3 Å². The molecule has 8 heteroatoms. The van der Waals surface area contributed by atoms with Gasteiger partial charge in [-0.15, -0.1) is 10.2 Å². The van der Waals surface area contributed by atoms with Gasteiger partial charge < -0.3 is 4.74 Å². The summed E-state index contributed by atoms with van der Waals surface area (Å²) in [5.41, 5.74) is 2.25. The number of carbonyl (C=O) groups excluding carboxylic acids is 1. The second-order valence-electron chi connectivity index (χ2n) is 5.74. The fourth-order valence-corrected chi connectivity index (χ4v) is 3.14. The largest absolute Gasteiger partial charge is 0.487 e. The lowest BCUT2D eigenvalue weighted by Crippen LogP contribution is -2.11. The first-order chi connectivity index (χ1) is 13.8. The maximum absolute atomic E-state index is 12.4. The second-order valence-corrected chi connectivity index (χ2v) is 6.71. The number of anilines is 1. The van der Waals surface area contributed by atoms with Crippen LogP contribution >= 0.6 is 11.3 Å². The number of pyridine rings is 2. The number of ether oxygens (including phenoxy) is 1. The Hall–Kier alpha value is -3.65. The Morgan fingerprint density at radius 2 is 1.79 bits per heavy atom. The molecule has 0 saturated carbocycles. The van der Waals surface area contributed by atoms with E-state index in [1.54, 1.807) is 42.9 Å². The number of nitrogens with zero attached hydrogens (tertiary/aromatic N) is 4. The molecular formula is C20H15N5O2S. The molecule has 0 spiro atoms. The molecule has 0 bridgehead atoms. The van der Waals surface area contributed by atoms with Gasteiger partial charge in [-0.1, -0.05) is 17.4 Å². The van der Waals surface area contributed by atoms with Crippen LogP contribution in [0.15, 0.2) is 73.2 Å². The van der Waals surface area contributed by atoms with E-state index in [1.165, 1.54) is 11.3 Å². The van der Waals surface area contributed by atoms with Crippen LogP contribution < -0.4 is 10.1 Å². The molecule has 1 N–H and O–H groups in total. The number of hydrogen-bond donors (Lipinski definition) is 1. The van der Waals surface area contributed by atoms with Gasteiger partial charge in [0, 0.05) is 29.7 Å². The van der Waals surface area contributed by atoms with Gasteiger partial charge in [-0.2, -0.15) is 0 Å². The fourth-order valence-electron chi connectivity index (χ4n) is 2.40. The lowest BCUT2D eigenvalue weighted by molar-refractivity contribution is 0.102. The summed E-state index contributed by atoms with van der Waals surface area (Å²) in [4.78, 5) is 20.6. The molecule has 138 valence electrons. The molecule has 3 aromatic heterocycles. The normalized spacial score (nSPS) is 10.4. The minimum atomic E-state index is -0.256. The Kier molecular flexibility index (Phi) is 5.30. The summed E-state index contributed by atoms with van der Waals surface area (Å²) in [6.07, 6.45) is 5.10. The van der Waals surface area contributed by atoms with Gasteiger partial charge in [-0.25, -0.2) is 0 Å². The van der Waals surface area contributed by atoms with Crippen molar-refractivity contribution in [3.63, 3.8) is 0 Å². The predicted octanol–water partition coefficient (Wildman–Crippen LogP) is 3.83. The summed E-state index contributed by atoms with van der Waals surface area (Å²) in [7, 11) is 0. The highest BCUT2D eigenvalue weighted by atomic mass is 32.1. The fraction of sp³-hybridized carbons (Fsp3) is 0.0500. The zero-order chi connectivity index (χ0) is 19.2. The Labute approximate surface area is 165 Å². The number of rotatable bonds is 6. The maximum Gasteiger partial charge on any atom is 0.257 e. The van der Waals surface area contributed by atoms with Crippen LogP contribution in [0.1, 0.15) is 16.1 Å². The van der Waals surface area contributed by atoms with Crippen LogP contribution in [0, 0.1) is 0 Å². The van der Waals surface area contributed by atoms with Crippen molar-refractivity contribution in [1.82, 2.24) is 20.2 Å². The van der Waals surface area contributed by atoms with Crippen molar-refractivity contribution >= 4 is 22.4 Å². The van der Waals surface area contributed by atoms with Crippen molar-refractivity contribution in [1.29, 1.82) is 0 Å². The quantitative estimate of drug-likeness (QED) is 0.539. The number of hydrogen-bond acceptors (Lipinski definition) is 7. The minimum Gasteiger partial charge on any atom is -0.487 e. The zero-order valence-corrected chi connectivity index (χ0v) is 15.5. The van der Waals surface area contributed by atoms with Crippen molar-refractivity contribution < 1.29 is 9.53 Å². The molecule has 1 amide bonds. The number of benzene rings is 1. The third-order valence-electron chi connectivity index (χ3n) is 3.80. The van der Waals surface area contributed by atoms with Crippen molar-refractivity contribution in [3.05, 3.63) is 84.4 Å². The predicted molar refractivity (Wildman–Crippen MR) is 106 cm³/mol. The Morgan fingerprint density at radius 1 is 0.964 bits per heavy atom. The summed E-state index contributed by atoms with van der Waals surface area (Å²) < 4.78 is 5.68. The first kappa shape index (κ1) is 17.7. The van der Waals surface area contributed by atoms with E-state index in [0.29, 0.717) is 23.1 Å². The standard InChI is InChI=1S/C20H15N5O2S/c26-18(23-20-25-24-19(28-20)15-8-11-21-12-9-15)14-4-6-17(7-5-14)27-13-16-3-1-2-10-22-16/h1-12H,13H2,(H,23,25,26). The van der Waals surface area contributed by atoms with E-state index in [1.807, 2.05) is 30.3 Å². The van der Waals surface area contributed by atoms with E-state index < -0.39 is 0 Å². The van der Waals surface area contributed by atoms with Gasteiger partial charge in [0.05, 0.1) is 5.69 Å². The number of aromatic nitrogens is 4. The molecule has 0 fully saturated rings. The summed E-state index contributed by atoms with van der Waals surface area (Å²) in [6, 6.07) is 16.2. The second kappa shape index (κ2) is 8.36.